The van der Waals surface area contributed by atoms with E-state index in [0.29, 0.717) is 5.54 Å². The van der Waals surface area contributed by atoms with Crippen LogP contribution in [0.3, 0.4) is 0 Å². The van der Waals surface area contributed by atoms with Crippen molar-refractivity contribution in [2.75, 3.05) is 27.3 Å². The van der Waals surface area contributed by atoms with Crippen molar-refractivity contribution >= 4 is 0 Å². The van der Waals surface area contributed by atoms with Gasteiger partial charge in [-0.15, -0.1) is 0 Å². The molecular formula is C9H19NO. The molecule has 0 aromatic heterocycles. The van der Waals surface area contributed by atoms with E-state index in [0.717, 1.165) is 13.2 Å². The number of unbranched alkanes of at least 4 members (excludes halogenated alkanes) is 1. The lowest BCUT2D eigenvalue weighted by Crippen LogP contribution is -2.59. The van der Waals surface area contributed by atoms with Crippen LogP contribution in [0.5, 0.6) is 0 Å². The van der Waals surface area contributed by atoms with E-state index in [9.17, 15) is 0 Å². The summed E-state index contributed by atoms with van der Waals surface area (Å²) in [4.78, 5) is 2.31. The molecule has 1 heterocycles. The van der Waals surface area contributed by atoms with Crippen molar-refractivity contribution in [2.45, 2.75) is 31.7 Å². The maximum atomic E-state index is 5.25. The lowest BCUT2D eigenvalue weighted by Gasteiger charge is -2.46. The van der Waals surface area contributed by atoms with Crippen LogP contribution >= 0.6 is 0 Å². The van der Waals surface area contributed by atoms with E-state index in [1.807, 2.05) is 0 Å². The Morgan fingerprint density at radius 1 is 1.36 bits per heavy atom. The Labute approximate surface area is 69.5 Å². The second kappa shape index (κ2) is 3.55. The molecule has 1 saturated heterocycles. The van der Waals surface area contributed by atoms with E-state index in [4.69, 9.17) is 4.74 Å². The van der Waals surface area contributed by atoms with Crippen molar-refractivity contribution in [1.29, 1.82) is 0 Å². The molecule has 1 aliphatic heterocycles. The predicted molar refractivity (Wildman–Crippen MR) is 46.8 cm³/mol. The first-order valence-corrected chi connectivity index (χ1v) is 4.46. The van der Waals surface area contributed by atoms with Crippen LogP contribution in [0.25, 0.3) is 0 Å². The number of rotatable bonds is 4. The van der Waals surface area contributed by atoms with Gasteiger partial charge in [-0.2, -0.15) is 0 Å². The van der Waals surface area contributed by atoms with Crippen LogP contribution in [-0.4, -0.2) is 37.7 Å². The third kappa shape index (κ3) is 1.74. The zero-order chi connectivity index (χ0) is 8.32. The SMILES string of the molecule is CCCCC1(N(C)C)COC1. The van der Waals surface area contributed by atoms with Crippen LogP contribution in [-0.2, 0) is 4.74 Å². The topological polar surface area (TPSA) is 12.5 Å². The summed E-state index contributed by atoms with van der Waals surface area (Å²) in [6.45, 7) is 4.10. The van der Waals surface area contributed by atoms with E-state index in [2.05, 4.69) is 25.9 Å². The Balaban J connectivity index is 2.34. The largest absolute Gasteiger partial charge is 0.377 e. The van der Waals surface area contributed by atoms with E-state index < -0.39 is 0 Å². The molecule has 0 radical (unpaired) electrons. The average Bonchev–Trinajstić information content (AvgIpc) is 1.85. The number of ether oxygens (including phenoxy) is 1. The smallest absolute Gasteiger partial charge is 0.0673 e. The summed E-state index contributed by atoms with van der Waals surface area (Å²) in [6.07, 6.45) is 3.90. The first-order chi connectivity index (χ1) is 5.21. The monoisotopic (exact) mass is 157 g/mol. The van der Waals surface area contributed by atoms with E-state index in [-0.39, 0.29) is 0 Å². The molecule has 0 amide bonds. The van der Waals surface area contributed by atoms with Gasteiger partial charge in [-0.3, -0.25) is 4.90 Å². The average molecular weight is 157 g/mol. The van der Waals surface area contributed by atoms with Gasteiger partial charge < -0.3 is 4.74 Å². The molecule has 0 spiro atoms. The molecule has 11 heavy (non-hydrogen) atoms. The van der Waals surface area contributed by atoms with Crippen molar-refractivity contribution in [1.82, 2.24) is 4.90 Å². The molecule has 0 N–H and O–H groups in total. The molecule has 2 nitrogen and oxygen atoms in total. The minimum Gasteiger partial charge on any atom is -0.377 e. The minimum atomic E-state index is 0.385. The fraction of sp³-hybridized carbons (Fsp3) is 1.00. The molecule has 1 aliphatic rings. The van der Waals surface area contributed by atoms with Crippen molar-refractivity contribution in [2.24, 2.45) is 0 Å². The molecule has 0 atom stereocenters. The molecule has 2 heteroatoms. The van der Waals surface area contributed by atoms with E-state index >= 15 is 0 Å². The van der Waals surface area contributed by atoms with Gasteiger partial charge in [0.2, 0.25) is 0 Å². The molecule has 0 aromatic carbocycles. The number of hydrogen-bond donors (Lipinski definition) is 0. The third-order valence-corrected chi connectivity index (χ3v) is 2.69. The molecule has 1 fully saturated rings. The Kier molecular flexibility index (Phi) is 2.90. The van der Waals surface area contributed by atoms with E-state index in [1.54, 1.807) is 0 Å². The molecule has 0 bridgehead atoms. The van der Waals surface area contributed by atoms with Crippen molar-refractivity contribution in [3.8, 4) is 0 Å². The first kappa shape index (κ1) is 9.01. The number of hydrogen-bond acceptors (Lipinski definition) is 2. The zero-order valence-electron chi connectivity index (χ0n) is 7.89. The summed E-state index contributed by atoms with van der Waals surface area (Å²) in [5.74, 6) is 0. The fourth-order valence-electron chi connectivity index (χ4n) is 1.47. The van der Waals surface area contributed by atoms with Crippen LogP contribution in [0.4, 0.5) is 0 Å². The molecule has 1 rings (SSSR count). The quantitative estimate of drug-likeness (QED) is 0.613. The standard InChI is InChI=1S/C9H19NO/c1-4-5-6-9(10(2)3)7-11-8-9/h4-8H2,1-3H3. The molecule has 66 valence electrons. The summed E-state index contributed by atoms with van der Waals surface area (Å²) in [5.41, 5.74) is 0.385. The fourth-order valence-corrected chi connectivity index (χ4v) is 1.47. The Bertz CT molecular complexity index is 119. The predicted octanol–water partition coefficient (Wildman–Crippen LogP) is 1.51. The van der Waals surface area contributed by atoms with Crippen LogP contribution < -0.4 is 0 Å². The molecule has 0 saturated carbocycles. The van der Waals surface area contributed by atoms with Crippen molar-refractivity contribution in [3.63, 3.8) is 0 Å². The van der Waals surface area contributed by atoms with Gasteiger partial charge >= 0.3 is 0 Å². The van der Waals surface area contributed by atoms with Gasteiger partial charge in [0.05, 0.1) is 18.8 Å². The van der Waals surface area contributed by atoms with Gasteiger partial charge in [-0.25, -0.2) is 0 Å². The van der Waals surface area contributed by atoms with Crippen LogP contribution in [0.15, 0.2) is 0 Å². The van der Waals surface area contributed by atoms with Crippen LogP contribution in [0.1, 0.15) is 26.2 Å². The van der Waals surface area contributed by atoms with Gasteiger partial charge in [-0.1, -0.05) is 19.8 Å². The van der Waals surface area contributed by atoms with Gasteiger partial charge in [0, 0.05) is 0 Å². The maximum Gasteiger partial charge on any atom is 0.0673 e. The third-order valence-electron chi connectivity index (χ3n) is 2.69. The second-order valence-electron chi connectivity index (χ2n) is 3.72. The molecule has 0 aromatic rings. The highest BCUT2D eigenvalue weighted by Crippen LogP contribution is 2.28. The first-order valence-electron chi connectivity index (χ1n) is 4.46. The molecule has 0 unspecified atom stereocenters. The van der Waals surface area contributed by atoms with E-state index in [1.165, 1.54) is 19.3 Å². The summed E-state index contributed by atoms with van der Waals surface area (Å²) >= 11 is 0. The Morgan fingerprint density at radius 2 is 2.00 bits per heavy atom. The normalized spacial score (nSPS) is 21.8. The number of nitrogens with zero attached hydrogens (tertiary/aromatic N) is 1. The van der Waals surface area contributed by atoms with Crippen molar-refractivity contribution < 1.29 is 4.74 Å². The van der Waals surface area contributed by atoms with Gasteiger partial charge in [-0.05, 0) is 20.5 Å². The highest BCUT2D eigenvalue weighted by Gasteiger charge is 2.39. The maximum absolute atomic E-state index is 5.25. The van der Waals surface area contributed by atoms with Crippen molar-refractivity contribution in [3.05, 3.63) is 0 Å². The highest BCUT2D eigenvalue weighted by atomic mass is 16.5. The lowest BCUT2D eigenvalue weighted by molar-refractivity contribution is -0.129. The Hall–Kier alpha value is -0.0800. The molecule has 0 aliphatic carbocycles. The van der Waals surface area contributed by atoms with Gasteiger partial charge in [0.1, 0.15) is 0 Å². The molecular weight excluding hydrogens is 138 g/mol. The highest BCUT2D eigenvalue weighted by molar-refractivity contribution is 4.93. The summed E-state index contributed by atoms with van der Waals surface area (Å²) in [7, 11) is 4.30. The van der Waals surface area contributed by atoms with Crippen LogP contribution in [0.2, 0.25) is 0 Å². The summed E-state index contributed by atoms with van der Waals surface area (Å²) in [6, 6.07) is 0. The number of likely N-dealkylation sites (N-methyl/N-ethyl adjacent to an activating group) is 1. The van der Waals surface area contributed by atoms with Gasteiger partial charge in [0.15, 0.2) is 0 Å². The zero-order valence-corrected chi connectivity index (χ0v) is 7.89. The minimum absolute atomic E-state index is 0.385. The Morgan fingerprint density at radius 3 is 2.27 bits per heavy atom. The van der Waals surface area contributed by atoms with Crippen LogP contribution in [0, 0.1) is 0 Å². The second-order valence-corrected chi connectivity index (χ2v) is 3.72. The van der Waals surface area contributed by atoms with Gasteiger partial charge in [0.25, 0.3) is 0 Å². The summed E-state index contributed by atoms with van der Waals surface area (Å²) in [5, 5.41) is 0. The lowest BCUT2D eigenvalue weighted by atomic mass is 9.89. The summed E-state index contributed by atoms with van der Waals surface area (Å²) < 4.78 is 5.25.